The summed E-state index contributed by atoms with van der Waals surface area (Å²) in [6.07, 6.45) is 4.68. The van der Waals surface area contributed by atoms with E-state index in [9.17, 15) is 0 Å². The molecule has 2 unspecified atom stereocenters. The molecule has 0 aromatic heterocycles. The van der Waals surface area contributed by atoms with Crippen molar-refractivity contribution in [3.05, 3.63) is 0 Å². The predicted octanol–water partition coefficient (Wildman–Crippen LogP) is 0.878. The average molecular weight is 183 g/mol. The highest BCUT2D eigenvalue weighted by atomic mass is 16.7. The third kappa shape index (κ3) is 1.07. The van der Waals surface area contributed by atoms with Crippen LogP contribution in [0, 0.1) is 11.3 Å². The molecule has 2 saturated carbocycles. The van der Waals surface area contributed by atoms with Crippen molar-refractivity contribution in [1.29, 1.82) is 0 Å². The van der Waals surface area contributed by atoms with Crippen LogP contribution < -0.4 is 5.73 Å². The third-order valence-electron chi connectivity index (χ3n) is 4.07. The molecule has 3 heteroatoms. The molecule has 2 aliphatic carbocycles. The Morgan fingerprint density at radius 2 is 2.08 bits per heavy atom. The second-order valence-corrected chi connectivity index (χ2v) is 4.79. The van der Waals surface area contributed by atoms with Crippen LogP contribution in [0.1, 0.15) is 25.7 Å². The zero-order valence-corrected chi connectivity index (χ0v) is 7.92. The first-order chi connectivity index (χ1) is 6.29. The van der Waals surface area contributed by atoms with E-state index in [-0.39, 0.29) is 5.79 Å². The van der Waals surface area contributed by atoms with Gasteiger partial charge in [-0.1, -0.05) is 0 Å². The summed E-state index contributed by atoms with van der Waals surface area (Å²) < 4.78 is 11.5. The third-order valence-corrected chi connectivity index (χ3v) is 4.07. The summed E-state index contributed by atoms with van der Waals surface area (Å²) in [6.45, 7) is 2.35. The van der Waals surface area contributed by atoms with E-state index >= 15 is 0 Å². The Labute approximate surface area is 78.6 Å². The molecule has 1 heterocycles. The van der Waals surface area contributed by atoms with Gasteiger partial charge in [-0.15, -0.1) is 0 Å². The summed E-state index contributed by atoms with van der Waals surface area (Å²) in [5, 5.41) is 0. The summed E-state index contributed by atoms with van der Waals surface area (Å²) in [4.78, 5) is 0. The van der Waals surface area contributed by atoms with E-state index in [1.165, 1.54) is 12.8 Å². The largest absolute Gasteiger partial charge is 0.348 e. The first-order valence-corrected chi connectivity index (χ1v) is 5.27. The van der Waals surface area contributed by atoms with Gasteiger partial charge < -0.3 is 15.2 Å². The molecule has 0 radical (unpaired) electrons. The van der Waals surface area contributed by atoms with E-state index in [1.807, 2.05) is 0 Å². The number of fused-ring (bicyclic) bond motifs is 1. The van der Waals surface area contributed by atoms with E-state index in [4.69, 9.17) is 15.2 Å². The van der Waals surface area contributed by atoms with Crippen molar-refractivity contribution in [2.24, 2.45) is 17.1 Å². The minimum Gasteiger partial charge on any atom is -0.348 e. The maximum atomic E-state index is 5.82. The number of hydrogen-bond acceptors (Lipinski definition) is 3. The molecule has 2 N–H and O–H groups in total. The van der Waals surface area contributed by atoms with Crippen LogP contribution >= 0.6 is 0 Å². The zero-order chi connectivity index (χ0) is 8.94. The van der Waals surface area contributed by atoms with Gasteiger partial charge in [0.15, 0.2) is 5.79 Å². The van der Waals surface area contributed by atoms with Crippen molar-refractivity contribution in [3.8, 4) is 0 Å². The van der Waals surface area contributed by atoms with E-state index in [2.05, 4.69) is 0 Å². The highest BCUT2D eigenvalue weighted by Gasteiger charge is 2.61. The average Bonchev–Trinajstić information content (AvgIpc) is 2.70. The first-order valence-electron chi connectivity index (χ1n) is 5.27. The van der Waals surface area contributed by atoms with Crippen LogP contribution in [0.5, 0.6) is 0 Å². The van der Waals surface area contributed by atoms with Gasteiger partial charge in [0.2, 0.25) is 0 Å². The number of hydrogen-bond donors (Lipinski definition) is 1. The molecule has 0 bridgehead atoms. The Kier molecular flexibility index (Phi) is 1.56. The Balaban J connectivity index is 1.78. The second kappa shape index (κ2) is 2.47. The van der Waals surface area contributed by atoms with Crippen LogP contribution in [0.4, 0.5) is 0 Å². The molecule has 0 aromatic carbocycles. The van der Waals surface area contributed by atoms with Gasteiger partial charge in [0.25, 0.3) is 0 Å². The monoisotopic (exact) mass is 183 g/mol. The molecule has 1 aliphatic heterocycles. The highest BCUT2D eigenvalue weighted by molar-refractivity contribution is 5.09. The molecule has 1 saturated heterocycles. The standard InChI is InChI=1S/C10H17NO2/c11-7-9-5-8(9)1-2-10(6-9)12-3-4-13-10/h8H,1-7,11H2. The normalized spacial score (nSPS) is 46.4. The van der Waals surface area contributed by atoms with E-state index in [1.54, 1.807) is 0 Å². The smallest absolute Gasteiger partial charge is 0.169 e. The highest BCUT2D eigenvalue weighted by Crippen LogP contribution is 2.64. The van der Waals surface area contributed by atoms with Crippen molar-refractivity contribution >= 4 is 0 Å². The molecule has 3 fully saturated rings. The fourth-order valence-corrected chi connectivity index (χ4v) is 3.14. The number of nitrogens with two attached hydrogens (primary N) is 1. The number of ether oxygens (including phenoxy) is 2. The quantitative estimate of drug-likeness (QED) is 0.656. The fraction of sp³-hybridized carbons (Fsp3) is 1.00. The van der Waals surface area contributed by atoms with Gasteiger partial charge in [-0.05, 0) is 30.7 Å². The van der Waals surface area contributed by atoms with Gasteiger partial charge in [0.1, 0.15) is 0 Å². The lowest BCUT2D eigenvalue weighted by Crippen LogP contribution is -2.39. The van der Waals surface area contributed by atoms with Crippen molar-refractivity contribution in [2.45, 2.75) is 31.5 Å². The van der Waals surface area contributed by atoms with Crippen LogP contribution in [0.2, 0.25) is 0 Å². The SMILES string of the molecule is NCC12CC1CCC1(C2)OCCO1. The molecule has 74 valence electrons. The molecular weight excluding hydrogens is 166 g/mol. The summed E-state index contributed by atoms with van der Waals surface area (Å²) in [5.41, 5.74) is 6.21. The van der Waals surface area contributed by atoms with Gasteiger partial charge in [-0.3, -0.25) is 0 Å². The Hall–Kier alpha value is -0.120. The Morgan fingerprint density at radius 3 is 2.77 bits per heavy atom. The van der Waals surface area contributed by atoms with Gasteiger partial charge in [0, 0.05) is 12.8 Å². The Morgan fingerprint density at radius 1 is 1.31 bits per heavy atom. The van der Waals surface area contributed by atoms with Crippen LogP contribution in [0.3, 0.4) is 0 Å². The van der Waals surface area contributed by atoms with E-state index in [0.29, 0.717) is 5.41 Å². The lowest BCUT2D eigenvalue weighted by molar-refractivity contribution is -0.188. The van der Waals surface area contributed by atoms with E-state index in [0.717, 1.165) is 38.5 Å². The number of rotatable bonds is 1. The summed E-state index contributed by atoms with van der Waals surface area (Å²) in [6, 6.07) is 0. The molecule has 13 heavy (non-hydrogen) atoms. The maximum Gasteiger partial charge on any atom is 0.169 e. The van der Waals surface area contributed by atoms with Gasteiger partial charge in [-0.25, -0.2) is 0 Å². The summed E-state index contributed by atoms with van der Waals surface area (Å²) in [7, 11) is 0. The van der Waals surface area contributed by atoms with Crippen molar-refractivity contribution in [1.82, 2.24) is 0 Å². The Bertz CT molecular complexity index is 225. The minimum atomic E-state index is -0.230. The summed E-state index contributed by atoms with van der Waals surface area (Å²) >= 11 is 0. The molecule has 0 amide bonds. The van der Waals surface area contributed by atoms with Crippen molar-refractivity contribution < 1.29 is 9.47 Å². The lowest BCUT2D eigenvalue weighted by atomic mass is 9.84. The van der Waals surface area contributed by atoms with Crippen molar-refractivity contribution in [2.75, 3.05) is 19.8 Å². The predicted molar refractivity (Wildman–Crippen MR) is 48.1 cm³/mol. The van der Waals surface area contributed by atoms with Crippen LogP contribution in [0.25, 0.3) is 0 Å². The van der Waals surface area contributed by atoms with Gasteiger partial charge in [-0.2, -0.15) is 0 Å². The fourth-order valence-electron chi connectivity index (χ4n) is 3.14. The molecule has 3 aliphatic rings. The molecule has 2 atom stereocenters. The van der Waals surface area contributed by atoms with Crippen LogP contribution in [-0.4, -0.2) is 25.5 Å². The van der Waals surface area contributed by atoms with Gasteiger partial charge >= 0.3 is 0 Å². The zero-order valence-electron chi connectivity index (χ0n) is 7.92. The van der Waals surface area contributed by atoms with Crippen LogP contribution in [-0.2, 0) is 9.47 Å². The molecular formula is C10H17NO2. The minimum absolute atomic E-state index is 0.230. The maximum absolute atomic E-state index is 5.82. The van der Waals surface area contributed by atoms with Gasteiger partial charge in [0.05, 0.1) is 13.2 Å². The second-order valence-electron chi connectivity index (χ2n) is 4.79. The summed E-state index contributed by atoms with van der Waals surface area (Å²) in [5.74, 6) is 0.641. The molecule has 0 aromatic rings. The molecule has 1 spiro atoms. The van der Waals surface area contributed by atoms with Crippen molar-refractivity contribution in [3.63, 3.8) is 0 Å². The first kappa shape index (κ1) is 8.21. The van der Waals surface area contributed by atoms with Crippen LogP contribution in [0.15, 0.2) is 0 Å². The lowest BCUT2D eigenvalue weighted by Gasteiger charge is -2.35. The molecule has 3 nitrogen and oxygen atoms in total. The van der Waals surface area contributed by atoms with E-state index < -0.39 is 0 Å². The molecule has 3 rings (SSSR count). The topological polar surface area (TPSA) is 44.5 Å².